The van der Waals surface area contributed by atoms with E-state index in [2.05, 4.69) is 87.4 Å². The van der Waals surface area contributed by atoms with Crippen molar-refractivity contribution in [1.29, 1.82) is 0 Å². The molecule has 1 aromatic rings. The lowest BCUT2D eigenvalue weighted by Crippen LogP contribution is -2.03. The Morgan fingerprint density at radius 3 is 2.64 bits per heavy atom. The molecular weight excluding hydrogens is 304 g/mol. The van der Waals surface area contributed by atoms with Gasteiger partial charge in [0.05, 0.1) is 0 Å². The third kappa shape index (κ3) is 7.47. The highest BCUT2D eigenvalue weighted by molar-refractivity contribution is 5.58. The molecule has 0 unspecified atom stereocenters. The van der Waals surface area contributed by atoms with E-state index in [0.717, 1.165) is 24.2 Å². The van der Waals surface area contributed by atoms with Gasteiger partial charge in [0.2, 0.25) is 0 Å². The van der Waals surface area contributed by atoms with E-state index in [1.54, 1.807) is 0 Å². The maximum atomic E-state index is 4.15. The van der Waals surface area contributed by atoms with E-state index >= 15 is 0 Å². The molecule has 25 heavy (non-hydrogen) atoms. The van der Waals surface area contributed by atoms with Crippen LogP contribution in [0.1, 0.15) is 51.2 Å². The van der Waals surface area contributed by atoms with Gasteiger partial charge in [-0.3, -0.25) is 0 Å². The van der Waals surface area contributed by atoms with E-state index in [0.29, 0.717) is 0 Å². The van der Waals surface area contributed by atoms with Crippen LogP contribution in [0.3, 0.4) is 0 Å². The number of benzene rings is 1. The van der Waals surface area contributed by atoms with E-state index in [4.69, 9.17) is 0 Å². The third-order valence-electron chi connectivity index (χ3n) is 4.45. The molecule has 0 radical (unpaired) electrons. The molecule has 0 atom stereocenters. The van der Waals surface area contributed by atoms with Crippen LogP contribution in [-0.4, -0.2) is 7.05 Å². The number of anilines is 1. The Labute approximate surface area is 154 Å². The van der Waals surface area contributed by atoms with Crippen LogP contribution in [0.5, 0.6) is 0 Å². The molecule has 1 rings (SSSR count). The van der Waals surface area contributed by atoms with Gasteiger partial charge >= 0.3 is 0 Å². The zero-order chi connectivity index (χ0) is 18.7. The summed E-state index contributed by atoms with van der Waals surface area (Å²) < 4.78 is 0. The Morgan fingerprint density at radius 2 is 2.00 bits per heavy atom. The molecule has 0 saturated carbocycles. The zero-order valence-electron chi connectivity index (χ0n) is 16.6. The fraction of sp³-hybridized carbons (Fsp3) is 0.391. The summed E-state index contributed by atoms with van der Waals surface area (Å²) in [4.78, 5) is 0. The first-order chi connectivity index (χ1) is 12.0. The Bertz CT molecular complexity index is 648. The summed E-state index contributed by atoms with van der Waals surface area (Å²) in [6, 6.07) is 6.39. The van der Waals surface area contributed by atoms with E-state index in [1.807, 2.05) is 7.05 Å². The van der Waals surface area contributed by atoms with Crippen molar-refractivity contribution in [2.45, 2.75) is 53.4 Å². The van der Waals surface area contributed by atoms with Crippen molar-refractivity contribution in [2.24, 2.45) is 0 Å². The van der Waals surface area contributed by atoms with Crippen LogP contribution in [0.4, 0.5) is 5.69 Å². The van der Waals surface area contributed by atoms with Gasteiger partial charge in [0.1, 0.15) is 0 Å². The average molecular weight is 339 g/mol. The molecule has 2 heteroatoms. The quantitative estimate of drug-likeness (QED) is 0.491. The maximum absolute atomic E-state index is 4.15. The van der Waals surface area contributed by atoms with Crippen molar-refractivity contribution in [1.82, 2.24) is 5.32 Å². The van der Waals surface area contributed by atoms with Gasteiger partial charge in [-0.15, -0.1) is 0 Å². The van der Waals surface area contributed by atoms with Gasteiger partial charge in [0, 0.05) is 24.1 Å². The van der Waals surface area contributed by atoms with Gasteiger partial charge in [0.15, 0.2) is 0 Å². The van der Waals surface area contributed by atoms with Crippen molar-refractivity contribution in [2.75, 3.05) is 12.4 Å². The number of unbranched alkanes of at least 4 members (excludes halogenated alkanes) is 1. The topological polar surface area (TPSA) is 24.1 Å². The minimum Gasteiger partial charge on any atom is -0.392 e. The molecule has 0 aliphatic rings. The van der Waals surface area contributed by atoms with E-state index in [-0.39, 0.29) is 0 Å². The highest BCUT2D eigenvalue weighted by Crippen LogP contribution is 2.21. The first kappa shape index (κ1) is 20.8. The van der Waals surface area contributed by atoms with E-state index in [1.165, 1.54) is 35.2 Å². The summed E-state index contributed by atoms with van der Waals surface area (Å²) in [6.45, 7) is 12.7. The molecule has 0 aromatic heterocycles. The fourth-order valence-corrected chi connectivity index (χ4v) is 2.53. The molecule has 0 fully saturated rings. The van der Waals surface area contributed by atoms with Crippen molar-refractivity contribution >= 4 is 5.69 Å². The predicted molar refractivity (Wildman–Crippen MR) is 113 cm³/mol. The molecule has 0 saturated heterocycles. The second-order valence-corrected chi connectivity index (χ2v) is 6.38. The molecule has 0 heterocycles. The van der Waals surface area contributed by atoms with Crippen LogP contribution >= 0.6 is 0 Å². The van der Waals surface area contributed by atoms with Crippen LogP contribution < -0.4 is 10.6 Å². The lowest BCUT2D eigenvalue weighted by molar-refractivity contribution is 0.797. The standard InChI is InChI=1S/C23H34N2/c1-7-9-11-21(8-2)16-14-19(4)25-23-13-10-12-22(20(23)5)17-15-18(3)24-6/h8,10,12-16,24-25H,4,7,9,11,17H2,1-3,5-6H3/b16-14+,18-15+,21-8-. The van der Waals surface area contributed by atoms with Crippen molar-refractivity contribution in [3.8, 4) is 0 Å². The van der Waals surface area contributed by atoms with Gasteiger partial charge < -0.3 is 10.6 Å². The summed E-state index contributed by atoms with van der Waals surface area (Å²) in [6.07, 6.45) is 13.1. The first-order valence-electron chi connectivity index (χ1n) is 9.24. The Balaban J connectivity index is 2.77. The molecule has 0 bridgehead atoms. The van der Waals surface area contributed by atoms with Gasteiger partial charge in [0.25, 0.3) is 0 Å². The number of rotatable bonds is 10. The summed E-state index contributed by atoms with van der Waals surface area (Å²) in [5, 5.41) is 6.61. The molecule has 2 nitrogen and oxygen atoms in total. The van der Waals surface area contributed by atoms with Crippen LogP contribution in [0.2, 0.25) is 0 Å². The fourth-order valence-electron chi connectivity index (χ4n) is 2.53. The van der Waals surface area contributed by atoms with Gasteiger partial charge in [-0.1, -0.05) is 55.9 Å². The lowest BCUT2D eigenvalue weighted by Gasteiger charge is -2.13. The Kier molecular flexibility index (Phi) is 9.46. The van der Waals surface area contributed by atoms with Gasteiger partial charge in [-0.05, 0) is 63.3 Å². The van der Waals surface area contributed by atoms with Gasteiger partial charge in [-0.2, -0.15) is 0 Å². The molecule has 0 aliphatic carbocycles. The largest absolute Gasteiger partial charge is 0.392 e. The second kappa shape index (κ2) is 11.4. The van der Waals surface area contributed by atoms with Crippen LogP contribution in [0.25, 0.3) is 0 Å². The Morgan fingerprint density at radius 1 is 1.24 bits per heavy atom. The van der Waals surface area contributed by atoms with Crippen LogP contribution in [0.15, 0.2) is 66.0 Å². The summed E-state index contributed by atoms with van der Waals surface area (Å²) in [7, 11) is 1.95. The van der Waals surface area contributed by atoms with Crippen molar-refractivity contribution in [3.05, 3.63) is 77.2 Å². The zero-order valence-corrected chi connectivity index (χ0v) is 16.6. The minimum absolute atomic E-state index is 0.915. The molecule has 2 N–H and O–H groups in total. The molecule has 0 aliphatic heterocycles. The lowest BCUT2D eigenvalue weighted by atomic mass is 10.0. The number of hydrogen-bond acceptors (Lipinski definition) is 2. The van der Waals surface area contributed by atoms with Crippen LogP contribution in [0, 0.1) is 6.92 Å². The van der Waals surface area contributed by atoms with Crippen molar-refractivity contribution < 1.29 is 0 Å². The number of nitrogens with one attached hydrogen (secondary N) is 2. The summed E-state index contributed by atoms with van der Waals surface area (Å²) >= 11 is 0. The van der Waals surface area contributed by atoms with Gasteiger partial charge in [-0.25, -0.2) is 0 Å². The predicted octanol–water partition coefficient (Wildman–Crippen LogP) is 6.28. The highest BCUT2D eigenvalue weighted by Gasteiger charge is 2.03. The normalized spacial score (nSPS) is 12.5. The van der Waals surface area contributed by atoms with E-state index < -0.39 is 0 Å². The molecule has 0 amide bonds. The van der Waals surface area contributed by atoms with Crippen molar-refractivity contribution in [3.63, 3.8) is 0 Å². The number of allylic oxidation sites excluding steroid dienone is 6. The third-order valence-corrected chi connectivity index (χ3v) is 4.45. The minimum atomic E-state index is 0.915. The SMILES string of the molecule is C=C(/C=C/C(=C\C)CCCC)Nc1cccc(C/C=C(\C)NC)c1C. The highest BCUT2D eigenvalue weighted by atomic mass is 14.9. The number of hydrogen-bond donors (Lipinski definition) is 2. The molecule has 136 valence electrons. The molecule has 0 spiro atoms. The smallest absolute Gasteiger partial charge is 0.0416 e. The summed E-state index contributed by atoms with van der Waals surface area (Å²) in [5.74, 6) is 0. The molecule has 1 aromatic carbocycles. The van der Waals surface area contributed by atoms with E-state index in [9.17, 15) is 0 Å². The molecular formula is C23H34N2. The average Bonchev–Trinajstić information content (AvgIpc) is 2.62. The summed E-state index contributed by atoms with van der Waals surface area (Å²) in [5.41, 5.74) is 7.19. The van der Waals surface area contributed by atoms with Crippen LogP contribution in [-0.2, 0) is 6.42 Å². The maximum Gasteiger partial charge on any atom is 0.0416 e. The monoisotopic (exact) mass is 338 g/mol. The Hall–Kier alpha value is -2.22. The first-order valence-corrected chi connectivity index (χ1v) is 9.24. The second-order valence-electron chi connectivity index (χ2n) is 6.38.